The molecule has 0 aliphatic carbocycles. The van der Waals surface area contributed by atoms with E-state index in [0.29, 0.717) is 11.3 Å². The van der Waals surface area contributed by atoms with E-state index in [9.17, 15) is 9.18 Å². The quantitative estimate of drug-likeness (QED) is 0.766. The lowest BCUT2D eigenvalue weighted by Crippen LogP contribution is -2.44. The molecule has 0 saturated carbocycles. The van der Waals surface area contributed by atoms with Crippen molar-refractivity contribution in [2.45, 2.75) is 25.5 Å². The molecule has 98 valence electrons. The molecular weight excluding hydrogens is 249 g/mol. The minimum absolute atomic E-state index is 0.0828. The Kier molecular flexibility index (Phi) is 3.66. The largest absolute Gasteiger partial charge is 0.366 e. The zero-order chi connectivity index (χ0) is 13.3. The van der Waals surface area contributed by atoms with Crippen LogP contribution in [0.5, 0.6) is 0 Å². The standard InChI is InChI=1S/C14H18FNOS/c1-10(17)11-5-4-6-12(15)13(11)16-7-8-18-14(2,3)9-16/h4-6H,7-9H2,1-3H3. The minimum Gasteiger partial charge on any atom is -0.366 e. The molecule has 2 nitrogen and oxygen atoms in total. The highest BCUT2D eigenvalue weighted by molar-refractivity contribution is 8.00. The summed E-state index contributed by atoms with van der Waals surface area (Å²) in [6.45, 7) is 7.34. The molecule has 0 spiro atoms. The van der Waals surface area contributed by atoms with Gasteiger partial charge < -0.3 is 4.90 Å². The van der Waals surface area contributed by atoms with Crippen LogP contribution in [0.3, 0.4) is 0 Å². The third-order valence-corrected chi connectivity index (χ3v) is 4.41. The summed E-state index contributed by atoms with van der Waals surface area (Å²) in [6.07, 6.45) is 0. The van der Waals surface area contributed by atoms with Crippen molar-refractivity contribution in [3.05, 3.63) is 29.6 Å². The van der Waals surface area contributed by atoms with Crippen LogP contribution >= 0.6 is 11.8 Å². The van der Waals surface area contributed by atoms with E-state index < -0.39 is 0 Å². The number of anilines is 1. The van der Waals surface area contributed by atoms with Gasteiger partial charge in [-0.2, -0.15) is 11.8 Å². The number of carbonyl (C=O) groups excluding carboxylic acids is 1. The minimum atomic E-state index is -0.301. The summed E-state index contributed by atoms with van der Waals surface area (Å²) >= 11 is 1.89. The van der Waals surface area contributed by atoms with Crippen LogP contribution in [0.25, 0.3) is 0 Å². The van der Waals surface area contributed by atoms with Gasteiger partial charge in [-0.05, 0) is 32.9 Å². The maximum absolute atomic E-state index is 14.0. The van der Waals surface area contributed by atoms with Crippen LogP contribution in [0, 0.1) is 5.82 Å². The van der Waals surface area contributed by atoms with Crippen molar-refractivity contribution in [3.8, 4) is 0 Å². The van der Waals surface area contributed by atoms with Gasteiger partial charge in [-0.25, -0.2) is 4.39 Å². The molecule has 18 heavy (non-hydrogen) atoms. The summed E-state index contributed by atoms with van der Waals surface area (Å²) in [4.78, 5) is 13.6. The predicted molar refractivity (Wildman–Crippen MR) is 75.2 cm³/mol. The van der Waals surface area contributed by atoms with E-state index >= 15 is 0 Å². The number of hydrogen-bond acceptors (Lipinski definition) is 3. The lowest BCUT2D eigenvalue weighted by molar-refractivity contribution is 0.101. The summed E-state index contributed by atoms with van der Waals surface area (Å²) in [6, 6.07) is 4.73. The summed E-state index contributed by atoms with van der Waals surface area (Å²) < 4.78 is 14.1. The number of Topliss-reactive ketones (excluding diaryl/α,β-unsaturated/α-hetero) is 1. The first-order valence-electron chi connectivity index (χ1n) is 6.09. The van der Waals surface area contributed by atoms with Crippen LogP contribution in [-0.4, -0.2) is 29.4 Å². The maximum atomic E-state index is 14.0. The predicted octanol–water partition coefficient (Wildman–Crippen LogP) is 3.36. The van der Waals surface area contributed by atoms with Crippen molar-refractivity contribution in [2.24, 2.45) is 0 Å². The van der Waals surface area contributed by atoms with E-state index in [4.69, 9.17) is 0 Å². The van der Waals surface area contributed by atoms with Gasteiger partial charge in [0, 0.05) is 29.2 Å². The number of rotatable bonds is 2. The average molecular weight is 267 g/mol. The maximum Gasteiger partial charge on any atom is 0.161 e. The Bertz CT molecular complexity index is 473. The second-order valence-corrected chi connectivity index (χ2v) is 7.02. The van der Waals surface area contributed by atoms with Crippen LogP contribution in [0.4, 0.5) is 10.1 Å². The average Bonchev–Trinajstić information content (AvgIpc) is 2.27. The first kappa shape index (κ1) is 13.4. The Labute approximate surface area is 112 Å². The summed E-state index contributed by atoms with van der Waals surface area (Å²) in [5.41, 5.74) is 0.955. The number of thioether (sulfide) groups is 1. The van der Waals surface area contributed by atoms with E-state index in [0.717, 1.165) is 18.8 Å². The van der Waals surface area contributed by atoms with E-state index in [2.05, 4.69) is 13.8 Å². The molecule has 0 bridgehead atoms. The van der Waals surface area contributed by atoms with E-state index in [1.54, 1.807) is 12.1 Å². The Morgan fingerprint density at radius 2 is 2.17 bits per heavy atom. The molecule has 0 unspecified atom stereocenters. The summed E-state index contributed by atoms with van der Waals surface area (Å²) in [5.74, 6) is 0.574. The zero-order valence-corrected chi connectivity index (χ0v) is 11.8. The lowest BCUT2D eigenvalue weighted by atomic mass is 10.1. The molecule has 2 rings (SSSR count). The molecule has 1 aromatic rings. The zero-order valence-electron chi connectivity index (χ0n) is 11.0. The molecule has 0 aromatic heterocycles. The fourth-order valence-electron chi connectivity index (χ4n) is 2.33. The first-order chi connectivity index (χ1) is 8.41. The van der Waals surface area contributed by atoms with Crippen molar-refractivity contribution in [1.29, 1.82) is 0 Å². The van der Waals surface area contributed by atoms with Gasteiger partial charge in [0.2, 0.25) is 0 Å². The fourth-order valence-corrected chi connectivity index (χ4v) is 3.44. The number of ketones is 1. The van der Waals surface area contributed by atoms with Gasteiger partial charge in [-0.1, -0.05) is 6.07 Å². The van der Waals surface area contributed by atoms with Crippen LogP contribution < -0.4 is 4.90 Å². The van der Waals surface area contributed by atoms with Crippen LogP contribution in [0.1, 0.15) is 31.1 Å². The van der Waals surface area contributed by atoms with Crippen LogP contribution in [0.15, 0.2) is 18.2 Å². The van der Waals surface area contributed by atoms with Gasteiger partial charge in [-0.3, -0.25) is 4.79 Å². The topological polar surface area (TPSA) is 20.3 Å². The van der Waals surface area contributed by atoms with E-state index in [1.165, 1.54) is 13.0 Å². The van der Waals surface area contributed by atoms with E-state index in [-0.39, 0.29) is 16.3 Å². The van der Waals surface area contributed by atoms with Gasteiger partial charge in [0.1, 0.15) is 5.82 Å². The monoisotopic (exact) mass is 267 g/mol. The van der Waals surface area contributed by atoms with Gasteiger partial charge in [0.05, 0.1) is 5.69 Å². The van der Waals surface area contributed by atoms with Gasteiger partial charge in [-0.15, -0.1) is 0 Å². The van der Waals surface area contributed by atoms with E-state index in [1.807, 2.05) is 16.7 Å². The van der Waals surface area contributed by atoms with Crippen molar-refractivity contribution in [2.75, 3.05) is 23.7 Å². The third kappa shape index (κ3) is 2.69. The smallest absolute Gasteiger partial charge is 0.161 e. The molecule has 0 amide bonds. The first-order valence-corrected chi connectivity index (χ1v) is 7.08. The van der Waals surface area contributed by atoms with Gasteiger partial charge in [0.15, 0.2) is 5.78 Å². The molecule has 1 heterocycles. The number of para-hydroxylation sites is 1. The fraction of sp³-hybridized carbons (Fsp3) is 0.500. The Morgan fingerprint density at radius 3 is 2.78 bits per heavy atom. The molecule has 0 N–H and O–H groups in total. The molecule has 1 aromatic carbocycles. The molecule has 4 heteroatoms. The molecule has 1 saturated heterocycles. The van der Waals surface area contributed by atoms with Crippen molar-refractivity contribution >= 4 is 23.2 Å². The lowest BCUT2D eigenvalue weighted by Gasteiger charge is -2.39. The highest BCUT2D eigenvalue weighted by Crippen LogP contribution is 2.34. The molecular formula is C14H18FNOS. The highest BCUT2D eigenvalue weighted by Gasteiger charge is 2.30. The highest BCUT2D eigenvalue weighted by atomic mass is 32.2. The summed E-state index contributed by atoms with van der Waals surface area (Å²) in [7, 11) is 0. The number of carbonyl (C=O) groups is 1. The third-order valence-electron chi connectivity index (χ3n) is 3.11. The van der Waals surface area contributed by atoms with Crippen LogP contribution in [0.2, 0.25) is 0 Å². The van der Waals surface area contributed by atoms with Crippen molar-refractivity contribution in [3.63, 3.8) is 0 Å². The molecule has 1 aliphatic rings. The Balaban J connectivity index is 2.41. The molecule has 1 fully saturated rings. The van der Waals surface area contributed by atoms with Crippen molar-refractivity contribution < 1.29 is 9.18 Å². The molecule has 0 atom stereocenters. The van der Waals surface area contributed by atoms with Crippen LogP contribution in [-0.2, 0) is 0 Å². The number of benzene rings is 1. The molecule has 0 radical (unpaired) electrons. The second-order valence-electron chi connectivity index (χ2n) is 5.22. The Hall–Kier alpha value is -1.03. The molecule has 1 aliphatic heterocycles. The number of halogens is 1. The van der Waals surface area contributed by atoms with Gasteiger partial charge >= 0.3 is 0 Å². The van der Waals surface area contributed by atoms with Gasteiger partial charge in [0.25, 0.3) is 0 Å². The normalized spacial score (nSPS) is 18.8. The number of hydrogen-bond donors (Lipinski definition) is 0. The van der Waals surface area contributed by atoms with Crippen molar-refractivity contribution in [1.82, 2.24) is 0 Å². The summed E-state index contributed by atoms with van der Waals surface area (Å²) in [5, 5.41) is 0. The second kappa shape index (κ2) is 4.92. The SMILES string of the molecule is CC(=O)c1cccc(F)c1N1CCSC(C)(C)C1. The Morgan fingerprint density at radius 1 is 1.44 bits per heavy atom. The number of nitrogens with zero attached hydrogens (tertiary/aromatic N) is 1.